The van der Waals surface area contributed by atoms with Gasteiger partial charge in [-0.1, -0.05) is 18.2 Å². The molecule has 0 spiro atoms. The van der Waals surface area contributed by atoms with Crippen LogP contribution in [0.25, 0.3) is 10.8 Å². The summed E-state index contributed by atoms with van der Waals surface area (Å²) in [5.41, 5.74) is -0.415. The second kappa shape index (κ2) is 7.34. The summed E-state index contributed by atoms with van der Waals surface area (Å²) in [6.07, 6.45) is -0.767. The number of esters is 1. The van der Waals surface area contributed by atoms with Crippen LogP contribution in [0.4, 0.5) is 0 Å². The highest BCUT2D eigenvalue weighted by Gasteiger charge is 2.35. The minimum Gasteiger partial charge on any atom is -0.448 e. The number of hydrogen-bond donors (Lipinski definition) is 0. The molecule has 0 radical (unpaired) electrons. The first-order valence-corrected chi connectivity index (χ1v) is 10.6. The lowest BCUT2D eigenvalue weighted by Crippen LogP contribution is -2.44. The van der Waals surface area contributed by atoms with Crippen molar-refractivity contribution >= 4 is 32.5 Å². The van der Waals surface area contributed by atoms with Gasteiger partial charge in [0.2, 0.25) is 0 Å². The van der Waals surface area contributed by atoms with E-state index in [1.165, 1.54) is 25.9 Å². The molecule has 1 saturated heterocycles. The fourth-order valence-electron chi connectivity index (χ4n) is 3.26. The maximum absolute atomic E-state index is 12.6. The van der Waals surface area contributed by atoms with Crippen LogP contribution in [0.3, 0.4) is 0 Å². The van der Waals surface area contributed by atoms with Gasteiger partial charge in [0, 0.05) is 25.5 Å². The van der Waals surface area contributed by atoms with Crippen LogP contribution in [0.15, 0.2) is 29.1 Å². The fraction of sp³-hybridized carbons (Fsp3) is 0.444. The third-order valence-corrected chi connectivity index (χ3v) is 6.64. The number of likely N-dealkylation sites (N-methyl/N-ethyl adjacent to an activating group) is 1. The predicted octanol–water partition coefficient (Wildman–Crippen LogP) is 0.124. The molecule has 2 aromatic rings. The van der Waals surface area contributed by atoms with Crippen molar-refractivity contribution in [2.24, 2.45) is 7.05 Å². The zero-order chi connectivity index (χ0) is 20.6. The molecule has 0 aliphatic carbocycles. The lowest BCUT2D eigenvalue weighted by atomic mass is 10.1. The number of fused-ring (bicyclic) bond motifs is 1. The van der Waals surface area contributed by atoms with Crippen molar-refractivity contribution < 1.29 is 22.7 Å². The third-order valence-electron chi connectivity index (χ3n) is 4.89. The molecule has 9 nitrogen and oxygen atoms in total. The van der Waals surface area contributed by atoms with Crippen LogP contribution in [-0.4, -0.2) is 65.7 Å². The summed E-state index contributed by atoms with van der Waals surface area (Å²) in [5.74, 6) is -1.38. The summed E-state index contributed by atoms with van der Waals surface area (Å²) < 4.78 is 29.6. The molecule has 0 bridgehead atoms. The van der Waals surface area contributed by atoms with Crippen molar-refractivity contribution in [1.82, 2.24) is 14.7 Å². The molecule has 10 heteroatoms. The van der Waals surface area contributed by atoms with E-state index in [9.17, 15) is 22.8 Å². The Balaban J connectivity index is 1.80. The Morgan fingerprint density at radius 3 is 2.54 bits per heavy atom. The largest absolute Gasteiger partial charge is 0.448 e. The van der Waals surface area contributed by atoms with E-state index in [1.54, 1.807) is 24.3 Å². The van der Waals surface area contributed by atoms with Gasteiger partial charge in [-0.3, -0.25) is 9.59 Å². The van der Waals surface area contributed by atoms with Gasteiger partial charge in [0.25, 0.3) is 11.5 Å². The SMILES string of the molecule is C[C@@H](OC(=O)c1nn(C)c(=O)c2ccccc12)C(=O)N(C)[C@@H]1CCS(=O)(=O)C1. The van der Waals surface area contributed by atoms with Gasteiger partial charge in [-0.15, -0.1) is 0 Å². The van der Waals surface area contributed by atoms with E-state index in [2.05, 4.69) is 5.10 Å². The summed E-state index contributed by atoms with van der Waals surface area (Å²) in [7, 11) is -0.220. The highest BCUT2D eigenvalue weighted by atomic mass is 32.2. The van der Waals surface area contributed by atoms with Crippen molar-refractivity contribution in [2.75, 3.05) is 18.6 Å². The summed E-state index contributed by atoms with van der Waals surface area (Å²) in [6.45, 7) is 1.42. The van der Waals surface area contributed by atoms with Gasteiger partial charge in [0.05, 0.1) is 16.9 Å². The number of amides is 1. The molecule has 1 aromatic heterocycles. The van der Waals surface area contributed by atoms with Crippen LogP contribution in [0.1, 0.15) is 23.8 Å². The topological polar surface area (TPSA) is 116 Å². The van der Waals surface area contributed by atoms with Crippen molar-refractivity contribution in [3.05, 3.63) is 40.3 Å². The molecule has 0 unspecified atom stereocenters. The van der Waals surface area contributed by atoms with Crippen molar-refractivity contribution in [3.8, 4) is 0 Å². The second-order valence-electron chi connectivity index (χ2n) is 6.88. The quantitative estimate of drug-likeness (QED) is 0.661. The first-order chi connectivity index (χ1) is 13.1. The zero-order valence-electron chi connectivity index (χ0n) is 15.8. The summed E-state index contributed by atoms with van der Waals surface area (Å²) in [5, 5.41) is 4.64. The van der Waals surface area contributed by atoms with E-state index in [0.29, 0.717) is 17.2 Å². The first-order valence-electron chi connectivity index (χ1n) is 8.75. The van der Waals surface area contributed by atoms with Crippen LogP contribution in [0, 0.1) is 0 Å². The number of benzene rings is 1. The highest BCUT2D eigenvalue weighted by molar-refractivity contribution is 7.91. The van der Waals surface area contributed by atoms with Crippen LogP contribution >= 0.6 is 0 Å². The molecular formula is C18H21N3O6S. The van der Waals surface area contributed by atoms with Gasteiger partial charge in [0.15, 0.2) is 21.6 Å². The molecule has 1 fully saturated rings. The first kappa shape index (κ1) is 20.0. The number of rotatable bonds is 4. The lowest BCUT2D eigenvalue weighted by Gasteiger charge is -2.26. The highest BCUT2D eigenvalue weighted by Crippen LogP contribution is 2.19. The maximum atomic E-state index is 12.6. The minimum atomic E-state index is -3.14. The molecule has 1 aliphatic heterocycles. The van der Waals surface area contributed by atoms with Crippen molar-refractivity contribution in [2.45, 2.75) is 25.5 Å². The standard InChI is InChI=1S/C18H21N3O6S/c1-11(16(22)20(2)12-8-9-28(25,26)10-12)27-18(24)15-13-6-4-5-7-14(13)17(23)21(3)19-15/h4-7,11-12H,8-10H2,1-3H3/t11-,12-/m1/s1. The molecule has 2 atom stereocenters. The van der Waals surface area contributed by atoms with Gasteiger partial charge in [-0.2, -0.15) is 5.10 Å². The molecule has 1 aromatic carbocycles. The number of aromatic nitrogens is 2. The zero-order valence-corrected chi connectivity index (χ0v) is 16.6. The Hall–Kier alpha value is -2.75. The molecule has 1 amide bonds. The molecule has 2 heterocycles. The Morgan fingerprint density at radius 1 is 1.29 bits per heavy atom. The number of nitrogens with zero attached hydrogens (tertiary/aromatic N) is 3. The van der Waals surface area contributed by atoms with E-state index in [4.69, 9.17) is 4.74 Å². The monoisotopic (exact) mass is 407 g/mol. The normalized spacial score (nSPS) is 19.3. The number of sulfone groups is 1. The van der Waals surface area contributed by atoms with E-state index in [1.807, 2.05) is 0 Å². The summed E-state index contributed by atoms with van der Waals surface area (Å²) in [6, 6.07) is 6.08. The minimum absolute atomic E-state index is 0.0391. The Bertz CT molecular complexity index is 1110. The Kier molecular flexibility index (Phi) is 5.24. The molecule has 1 aliphatic rings. The van der Waals surface area contributed by atoms with Crippen LogP contribution < -0.4 is 5.56 Å². The van der Waals surface area contributed by atoms with Gasteiger partial charge < -0.3 is 9.64 Å². The van der Waals surface area contributed by atoms with Gasteiger partial charge in [-0.25, -0.2) is 17.9 Å². The molecule has 3 rings (SSSR count). The summed E-state index contributed by atoms with van der Waals surface area (Å²) in [4.78, 5) is 38.7. The number of hydrogen-bond acceptors (Lipinski definition) is 7. The Labute approximate surface area is 161 Å². The molecular weight excluding hydrogens is 386 g/mol. The lowest BCUT2D eigenvalue weighted by molar-refractivity contribution is -0.140. The third kappa shape index (κ3) is 3.77. The van der Waals surface area contributed by atoms with Crippen LogP contribution in [0.5, 0.6) is 0 Å². The fourth-order valence-corrected chi connectivity index (χ4v) is 5.04. The average molecular weight is 407 g/mol. The molecule has 0 saturated carbocycles. The van der Waals surface area contributed by atoms with E-state index >= 15 is 0 Å². The average Bonchev–Trinajstić information content (AvgIpc) is 3.03. The van der Waals surface area contributed by atoms with Gasteiger partial charge in [0.1, 0.15) is 0 Å². The maximum Gasteiger partial charge on any atom is 0.360 e. The van der Waals surface area contributed by atoms with E-state index in [0.717, 1.165) is 4.68 Å². The van der Waals surface area contributed by atoms with Gasteiger partial charge in [-0.05, 0) is 19.4 Å². The molecule has 28 heavy (non-hydrogen) atoms. The number of carbonyl (C=O) groups excluding carboxylic acids is 2. The van der Waals surface area contributed by atoms with E-state index in [-0.39, 0.29) is 22.8 Å². The number of carbonyl (C=O) groups is 2. The van der Waals surface area contributed by atoms with Crippen LogP contribution in [0.2, 0.25) is 0 Å². The van der Waals surface area contributed by atoms with Crippen LogP contribution in [-0.2, 0) is 26.4 Å². The van der Waals surface area contributed by atoms with Crippen molar-refractivity contribution in [3.63, 3.8) is 0 Å². The van der Waals surface area contributed by atoms with Crippen molar-refractivity contribution in [1.29, 1.82) is 0 Å². The van der Waals surface area contributed by atoms with E-state index < -0.39 is 33.9 Å². The smallest absolute Gasteiger partial charge is 0.360 e. The second-order valence-corrected chi connectivity index (χ2v) is 9.11. The number of ether oxygens (including phenoxy) is 1. The molecule has 0 N–H and O–H groups in total. The predicted molar refractivity (Wildman–Crippen MR) is 102 cm³/mol. The van der Waals surface area contributed by atoms with Gasteiger partial charge >= 0.3 is 5.97 Å². The Morgan fingerprint density at radius 2 is 1.93 bits per heavy atom. The molecule has 150 valence electrons. The number of aryl methyl sites for hydroxylation is 1. The summed E-state index contributed by atoms with van der Waals surface area (Å²) >= 11 is 0.